The molecule has 0 aromatic heterocycles. The first-order chi connectivity index (χ1) is 8.06. The predicted molar refractivity (Wildman–Crippen MR) is 57.0 cm³/mol. The lowest BCUT2D eigenvalue weighted by Crippen LogP contribution is -2.41. The van der Waals surface area contributed by atoms with Gasteiger partial charge < -0.3 is 15.2 Å². The van der Waals surface area contributed by atoms with Crippen LogP contribution in [0, 0.1) is 11.6 Å². The fraction of sp³-hybridized carbons (Fsp3) is 0.364. The highest BCUT2D eigenvalue weighted by Crippen LogP contribution is 2.20. The molecule has 0 spiro atoms. The molecule has 0 saturated carbocycles. The summed E-state index contributed by atoms with van der Waals surface area (Å²) in [6, 6.07) is 2.29. The van der Waals surface area contributed by atoms with Crippen LogP contribution < -0.4 is 10.1 Å². The Bertz CT molecular complexity index is 378. The van der Waals surface area contributed by atoms with Gasteiger partial charge in [-0.15, -0.1) is 0 Å². The van der Waals surface area contributed by atoms with Gasteiger partial charge in [0.25, 0.3) is 0 Å². The van der Waals surface area contributed by atoms with Crippen molar-refractivity contribution >= 4 is 5.97 Å². The standard InChI is InChI=1S/C11H13F2NO3/c1-2-14-9(11(15)16)6-17-10-7(12)4-3-5-8(10)13/h3-5,9,14H,2,6H2,1H3,(H,15,16). The van der Waals surface area contributed by atoms with Crippen molar-refractivity contribution in [2.75, 3.05) is 13.2 Å². The quantitative estimate of drug-likeness (QED) is 0.795. The number of para-hydroxylation sites is 1. The van der Waals surface area contributed by atoms with Crippen LogP contribution in [0.5, 0.6) is 5.75 Å². The molecule has 94 valence electrons. The summed E-state index contributed by atoms with van der Waals surface area (Å²) in [5.74, 6) is -3.41. The van der Waals surface area contributed by atoms with Crippen LogP contribution >= 0.6 is 0 Å². The summed E-state index contributed by atoms with van der Waals surface area (Å²) >= 11 is 0. The molecule has 0 aliphatic heterocycles. The van der Waals surface area contributed by atoms with E-state index in [9.17, 15) is 13.6 Å². The van der Waals surface area contributed by atoms with E-state index >= 15 is 0 Å². The molecule has 17 heavy (non-hydrogen) atoms. The van der Waals surface area contributed by atoms with Crippen molar-refractivity contribution < 1.29 is 23.4 Å². The summed E-state index contributed by atoms with van der Waals surface area (Å²) in [7, 11) is 0. The largest absolute Gasteiger partial charge is 0.485 e. The molecule has 1 unspecified atom stereocenters. The Kier molecular flexibility index (Phi) is 4.84. The highest BCUT2D eigenvalue weighted by atomic mass is 19.1. The van der Waals surface area contributed by atoms with Crippen LogP contribution in [0.3, 0.4) is 0 Å². The third-order valence-corrected chi connectivity index (χ3v) is 2.06. The smallest absolute Gasteiger partial charge is 0.324 e. The molecule has 6 heteroatoms. The predicted octanol–water partition coefficient (Wildman–Crippen LogP) is 1.41. The van der Waals surface area contributed by atoms with Crippen molar-refractivity contribution in [1.29, 1.82) is 0 Å². The van der Waals surface area contributed by atoms with E-state index in [0.717, 1.165) is 12.1 Å². The Hall–Kier alpha value is -1.69. The molecule has 1 aromatic rings. The highest BCUT2D eigenvalue weighted by molar-refractivity contribution is 5.73. The monoisotopic (exact) mass is 245 g/mol. The van der Waals surface area contributed by atoms with Gasteiger partial charge in [-0.1, -0.05) is 13.0 Å². The van der Waals surface area contributed by atoms with Gasteiger partial charge in [-0.25, -0.2) is 8.78 Å². The molecule has 0 amide bonds. The minimum Gasteiger partial charge on any atom is -0.485 e. The Morgan fingerprint density at radius 3 is 2.53 bits per heavy atom. The number of halogens is 2. The zero-order chi connectivity index (χ0) is 12.8. The Labute approximate surface area is 97.2 Å². The van der Waals surface area contributed by atoms with Crippen LogP contribution in [-0.4, -0.2) is 30.3 Å². The summed E-state index contributed by atoms with van der Waals surface area (Å²) in [6.45, 7) is 1.79. The lowest BCUT2D eigenvalue weighted by Gasteiger charge is -2.14. The minimum atomic E-state index is -1.14. The van der Waals surface area contributed by atoms with Gasteiger partial charge in [0.1, 0.15) is 12.6 Å². The maximum atomic E-state index is 13.2. The van der Waals surface area contributed by atoms with E-state index in [2.05, 4.69) is 5.32 Å². The second-order valence-corrected chi connectivity index (χ2v) is 3.31. The second kappa shape index (κ2) is 6.15. The third-order valence-electron chi connectivity index (χ3n) is 2.06. The third kappa shape index (κ3) is 3.67. The molecular weight excluding hydrogens is 232 g/mol. The molecule has 0 fully saturated rings. The molecule has 1 rings (SSSR count). The first kappa shape index (κ1) is 13.4. The molecule has 0 saturated heterocycles. The van der Waals surface area contributed by atoms with Crippen molar-refractivity contribution in [1.82, 2.24) is 5.32 Å². The molecule has 2 N–H and O–H groups in total. The number of nitrogens with one attached hydrogen (secondary N) is 1. The van der Waals surface area contributed by atoms with E-state index in [4.69, 9.17) is 9.84 Å². The summed E-state index contributed by atoms with van der Waals surface area (Å²) in [4.78, 5) is 10.8. The van der Waals surface area contributed by atoms with Crippen LogP contribution in [0.25, 0.3) is 0 Å². The number of carboxylic acids is 1. The molecule has 0 aliphatic carbocycles. The van der Waals surface area contributed by atoms with Crippen LogP contribution in [0.2, 0.25) is 0 Å². The number of carboxylic acid groups (broad SMARTS) is 1. The zero-order valence-electron chi connectivity index (χ0n) is 9.24. The summed E-state index contributed by atoms with van der Waals surface area (Å²) < 4.78 is 31.2. The van der Waals surface area contributed by atoms with E-state index in [-0.39, 0.29) is 6.61 Å². The van der Waals surface area contributed by atoms with Crippen molar-refractivity contribution in [3.05, 3.63) is 29.8 Å². The van der Waals surface area contributed by atoms with Crippen molar-refractivity contribution in [3.63, 3.8) is 0 Å². The van der Waals surface area contributed by atoms with Gasteiger partial charge >= 0.3 is 5.97 Å². The van der Waals surface area contributed by atoms with Crippen LogP contribution in [0.15, 0.2) is 18.2 Å². The first-order valence-electron chi connectivity index (χ1n) is 5.09. The summed E-state index contributed by atoms with van der Waals surface area (Å²) in [6.07, 6.45) is 0. The Balaban J connectivity index is 2.68. The normalized spacial score (nSPS) is 12.2. The molecule has 0 bridgehead atoms. The lowest BCUT2D eigenvalue weighted by molar-refractivity contribution is -0.140. The van der Waals surface area contributed by atoms with Gasteiger partial charge in [-0.05, 0) is 18.7 Å². The Morgan fingerprint density at radius 1 is 1.47 bits per heavy atom. The van der Waals surface area contributed by atoms with Crippen LogP contribution in [0.1, 0.15) is 6.92 Å². The molecule has 0 radical (unpaired) electrons. The number of rotatable bonds is 6. The fourth-order valence-corrected chi connectivity index (χ4v) is 1.25. The zero-order valence-corrected chi connectivity index (χ0v) is 9.24. The maximum Gasteiger partial charge on any atom is 0.324 e. The Morgan fingerprint density at radius 2 is 2.06 bits per heavy atom. The number of hydrogen-bond acceptors (Lipinski definition) is 3. The average molecular weight is 245 g/mol. The van der Waals surface area contributed by atoms with Gasteiger partial charge in [-0.2, -0.15) is 0 Å². The van der Waals surface area contributed by atoms with E-state index < -0.39 is 29.4 Å². The van der Waals surface area contributed by atoms with Gasteiger partial charge in [0.2, 0.25) is 0 Å². The van der Waals surface area contributed by atoms with Crippen LogP contribution in [0.4, 0.5) is 8.78 Å². The summed E-state index contributed by atoms with van der Waals surface area (Å²) in [5, 5.41) is 11.4. The highest BCUT2D eigenvalue weighted by Gasteiger charge is 2.18. The fourth-order valence-electron chi connectivity index (χ4n) is 1.25. The number of likely N-dealkylation sites (N-methyl/N-ethyl adjacent to an activating group) is 1. The van der Waals surface area contributed by atoms with E-state index in [0.29, 0.717) is 6.54 Å². The first-order valence-corrected chi connectivity index (χ1v) is 5.09. The molecule has 0 heterocycles. The number of carbonyl (C=O) groups is 1. The lowest BCUT2D eigenvalue weighted by atomic mass is 10.3. The number of aliphatic carboxylic acids is 1. The summed E-state index contributed by atoms with van der Waals surface area (Å²) in [5.41, 5.74) is 0. The number of benzene rings is 1. The van der Waals surface area contributed by atoms with Crippen LogP contribution in [-0.2, 0) is 4.79 Å². The molecule has 4 nitrogen and oxygen atoms in total. The number of ether oxygens (including phenoxy) is 1. The second-order valence-electron chi connectivity index (χ2n) is 3.31. The molecular formula is C11H13F2NO3. The molecule has 1 atom stereocenters. The average Bonchev–Trinajstić information content (AvgIpc) is 2.26. The minimum absolute atomic E-state index is 0.346. The topological polar surface area (TPSA) is 58.6 Å². The van der Waals surface area contributed by atoms with Crippen molar-refractivity contribution in [3.8, 4) is 5.75 Å². The molecule has 1 aromatic carbocycles. The maximum absolute atomic E-state index is 13.2. The van der Waals surface area contributed by atoms with Gasteiger partial charge in [-0.3, -0.25) is 4.79 Å². The van der Waals surface area contributed by atoms with Gasteiger partial charge in [0, 0.05) is 0 Å². The van der Waals surface area contributed by atoms with Gasteiger partial charge in [0.05, 0.1) is 0 Å². The van der Waals surface area contributed by atoms with E-state index in [1.165, 1.54) is 6.07 Å². The van der Waals surface area contributed by atoms with Gasteiger partial charge in [0.15, 0.2) is 17.4 Å². The van der Waals surface area contributed by atoms with E-state index in [1.807, 2.05) is 0 Å². The number of hydrogen-bond donors (Lipinski definition) is 2. The van der Waals surface area contributed by atoms with Crippen molar-refractivity contribution in [2.24, 2.45) is 0 Å². The SMILES string of the molecule is CCNC(COc1c(F)cccc1F)C(=O)O. The van der Waals surface area contributed by atoms with Crippen molar-refractivity contribution in [2.45, 2.75) is 13.0 Å². The van der Waals surface area contributed by atoms with E-state index in [1.54, 1.807) is 6.92 Å². The molecule has 0 aliphatic rings.